The van der Waals surface area contributed by atoms with Gasteiger partial charge in [-0.3, -0.25) is 14.2 Å². The Morgan fingerprint density at radius 1 is 1.12 bits per heavy atom. The van der Waals surface area contributed by atoms with E-state index in [4.69, 9.17) is 4.98 Å². The number of amides is 1. The van der Waals surface area contributed by atoms with Gasteiger partial charge in [0.1, 0.15) is 4.83 Å². The molecule has 4 aromatic rings. The molecule has 5 nitrogen and oxygen atoms in total. The van der Waals surface area contributed by atoms with E-state index < -0.39 is 0 Å². The first kappa shape index (κ1) is 21.6. The number of rotatable bonds is 5. The van der Waals surface area contributed by atoms with Crippen molar-refractivity contribution in [3.05, 3.63) is 86.5 Å². The number of thiophene rings is 1. The van der Waals surface area contributed by atoms with Crippen LogP contribution in [0, 0.1) is 0 Å². The zero-order chi connectivity index (χ0) is 23.2. The van der Waals surface area contributed by atoms with Crippen LogP contribution in [0.1, 0.15) is 34.9 Å². The summed E-state index contributed by atoms with van der Waals surface area (Å²) in [7, 11) is 0. The molecule has 2 aliphatic rings. The summed E-state index contributed by atoms with van der Waals surface area (Å²) in [6.07, 6.45) is 3.96. The van der Waals surface area contributed by atoms with E-state index >= 15 is 0 Å². The lowest BCUT2D eigenvalue weighted by atomic mass is 10.1. The highest BCUT2D eigenvalue weighted by molar-refractivity contribution is 7.99. The van der Waals surface area contributed by atoms with Gasteiger partial charge < -0.3 is 4.90 Å². The third-order valence-corrected chi connectivity index (χ3v) is 8.92. The molecule has 172 valence electrons. The van der Waals surface area contributed by atoms with Crippen molar-refractivity contribution in [3.63, 3.8) is 0 Å². The minimum Gasteiger partial charge on any atom is -0.308 e. The van der Waals surface area contributed by atoms with E-state index in [9.17, 15) is 9.59 Å². The molecule has 6 rings (SSSR count). The summed E-state index contributed by atoms with van der Waals surface area (Å²) >= 11 is 3.02. The SMILES string of the molecule is C[C@@H]1Cc2ccccc2N1C(=O)CSc1nc2sc3c(c2c(=O)n1Cc1ccccc1)CCC3. The maximum Gasteiger partial charge on any atom is 0.263 e. The molecule has 2 aromatic carbocycles. The van der Waals surface area contributed by atoms with Crippen molar-refractivity contribution in [3.8, 4) is 0 Å². The quantitative estimate of drug-likeness (QED) is 0.292. The van der Waals surface area contributed by atoms with Gasteiger partial charge in [0.15, 0.2) is 5.16 Å². The van der Waals surface area contributed by atoms with Crippen LogP contribution in [0.4, 0.5) is 5.69 Å². The molecule has 0 N–H and O–H groups in total. The van der Waals surface area contributed by atoms with Gasteiger partial charge in [-0.05, 0) is 55.4 Å². The maximum absolute atomic E-state index is 13.7. The lowest BCUT2D eigenvalue weighted by Crippen LogP contribution is -2.37. The first-order valence-corrected chi connectivity index (χ1v) is 13.5. The Bertz CT molecular complexity index is 1460. The van der Waals surface area contributed by atoms with E-state index in [-0.39, 0.29) is 23.3 Å². The number of hydrogen-bond donors (Lipinski definition) is 0. The summed E-state index contributed by atoms with van der Waals surface area (Å²) in [6.45, 7) is 2.54. The molecule has 7 heteroatoms. The van der Waals surface area contributed by atoms with E-state index in [1.54, 1.807) is 15.9 Å². The van der Waals surface area contributed by atoms with Crippen LogP contribution in [-0.4, -0.2) is 27.3 Å². The summed E-state index contributed by atoms with van der Waals surface area (Å²) in [5.41, 5.74) is 4.47. The third-order valence-electron chi connectivity index (χ3n) is 6.77. The van der Waals surface area contributed by atoms with Gasteiger partial charge in [0, 0.05) is 16.6 Å². The first-order chi connectivity index (χ1) is 16.6. The normalized spacial score (nSPS) is 16.7. The molecule has 0 bridgehead atoms. The molecule has 2 aromatic heterocycles. The monoisotopic (exact) mass is 487 g/mol. The minimum atomic E-state index is 0.0167. The Kier molecular flexibility index (Phi) is 5.54. The van der Waals surface area contributed by atoms with Gasteiger partial charge in [0.2, 0.25) is 5.91 Å². The Labute approximate surface area is 206 Å². The number of fused-ring (bicyclic) bond motifs is 4. The highest BCUT2D eigenvalue weighted by Gasteiger charge is 2.31. The molecule has 1 amide bonds. The standard InChI is InChI=1S/C27H25N3O2S2/c1-17-14-19-10-5-6-12-21(19)30(17)23(31)16-33-27-28-25-24(20-11-7-13-22(20)34-25)26(32)29(27)15-18-8-3-2-4-9-18/h2-6,8-10,12,17H,7,11,13-16H2,1H3/t17-/m1/s1. The molecule has 0 saturated heterocycles. The second-order valence-corrected chi connectivity index (χ2v) is 11.1. The third kappa shape index (κ3) is 3.67. The molecule has 34 heavy (non-hydrogen) atoms. The second-order valence-electron chi connectivity index (χ2n) is 9.04. The fraction of sp³-hybridized carbons (Fsp3) is 0.296. The number of anilines is 1. The summed E-state index contributed by atoms with van der Waals surface area (Å²) in [4.78, 5) is 36.0. The van der Waals surface area contributed by atoms with Crippen LogP contribution < -0.4 is 10.5 Å². The summed E-state index contributed by atoms with van der Waals surface area (Å²) in [5, 5.41) is 1.40. The lowest BCUT2D eigenvalue weighted by molar-refractivity contribution is -0.116. The highest BCUT2D eigenvalue weighted by Crippen LogP contribution is 2.36. The Morgan fingerprint density at radius 3 is 2.76 bits per heavy atom. The van der Waals surface area contributed by atoms with Gasteiger partial charge >= 0.3 is 0 Å². The van der Waals surface area contributed by atoms with Crippen molar-refractivity contribution in [1.82, 2.24) is 9.55 Å². The molecule has 1 aliphatic carbocycles. The van der Waals surface area contributed by atoms with Gasteiger partial charge in [-0.1, -0.05) is 60.3 Å². The average molecular weight is 488 g/mol. The van der Waals surface area contributed by atoms with E-state index in [0.29, 0.717) is 11.7 Å². The van der Waals surface area contributed by atoms with Crippen LogP contribution in [0.15, 0.2) is 64.5 Å². The predicted molar refractivity (Wildman–Crippen MR) is 139 cm³/mol. The van der Waals surface area contributed by atoms with Gasteiger partial charge in [-0.15, -0.1) is 11.3 Å². The number of nitrogens with zero attached hydrogens (tertiary/aromatic N) is 3. The van der Waals surface area contributed by atoms with Crippen molar-refractivity contribution in [2.75, 3.05) is 10.7 Å². The van der Waals surface area contributed by atoms with Gasteiger partial charge in [-0.25, -0.2) is 4.98 Å². The van der Waals surface area contributed by atoms with Crippen LogP contribution in [0.2, 0.25) is 0 Å². The zero-order valence-electron chi connectivity index (χ0n) is 19.0. The number of para-hydroxylation sites is 1. The summed E-state index contributed by atoms with van der Waals surface area (Å²) in [6, 6.07) is 18.2. The number of carbonyl (C=O) groups is 1. The van der Waals surface area contributed by atoms with E-state index in [1.165, 1.54) is 27.8 Å². The van der Waals surface area contributed by atoms with Crippen LogP contribution in [0.3, 0.4) is 0 Å². The molecule has 3 heterocycles. The summed E-state index contributed by atoms with van der Waals surface area (Å²) in [5.74, 6) is 0.299. The van der Waals surface area contributed by atoms with Crippen LogP contribution in [0.5, 0.6) is 0 Å². The van der Waals surface area contributed by atoms with Crippen LogP contribution >= 0.6 is 23.1 Å². The van der Waals surface area contributed by atoms with Crippen molar-refractivity contribution in [2.24, 2.45) is 0 Å². The minimum absolute atomic E-state index is 0.0167. The van der Waals surface area contributed by atoms with Crippen molar-refractivity contribution in [1.29, 1.82) is 0 Å². The molecule has 0 spiro atoms. The van der Waals surface area contributed by atoms with Gasteiger partial charge in [0.25, 0.3) is 5.56 Å². The second kappa shape index (κ2) is 8.71. The summed E-state index contributed by atoms with van der Waals surface area (Å²) < 4.78 is 1.77. The number of hydrogen-bond acceptors (Lipinski definition) is 5. The zero-order valence-corrected chi connectivity index (χ0v) is 20.6. The van der Waals surface area contributed by atoms with Gasteiger partial charge in [-0.2, -0.15) is 0 Å². The number of carbonyl (C=O) groups excluding carboxylic acids is 1. The lowest BCUT2D eigenvalue weighted by Gasteiger charge is -2.22. The Morgan fingerprint density at radius 2 is 1.91 bits per heavy atom. The highest BCUT2D eigenvalue weighted by atomic mass is 32.2. The van der Waals surface area contributed by atoms with E-state index in [1.807, 2.05) is 53.4 Å². The molecular formula is C27H25N3O2S2. The average Bonchev–Trinajstić information content (AvgIpc) is 3.52. The molecular weight excluding hydrogens is 462 g/mol. The Hall–Kier alpha value is -2.90. The Balaban J connectivity index is 1.35. The predicted octanol–water partition coefficient (Wildman–Crippen LogP) is 5.06. The number of aryl methyl sites for hydroxylation is 2. The number of thioether (sulfide) groups is 1. The molecule has 0 saturated carbocycles. The van der Waals surface area contributed by atoms with Crippen molar-refractivity contribution < 1.29 is 4.79 Å². The molecule has 0 radical (unpaired) electrons. The van der Waals surface area contributed by atoms with E-state index in [0.717, 1.165) is 47.2 Å². The molecule has 1 aliphatic heterocycles. The maximum atomic E-state index is 13.7. The number of benzene rings is 2. The fourth-order valence-corrected chi connectivity index (χ4v) is 7.38. The van der Waals surface area contributed by atoms with Crippen LogP contribution in [0.25, 0.3) is 10.2 Å². The van der Waals surface area contributed by atoms with Crippen molar-refractivity contribution >= 4 is 44.9 Å². The van der Waals surface area contributed by atoms with E-state index in [2.05, 4.69) is 13.0 Å². The molecule has 0 unspecified atom stereocenters. The van der Waals surface area contributed by atoms with Crippen LogP contribution in [-0.2, 0) is 30.6 Å². The topological polar surface area (TPSA) is 55.2 Å². The largest absolute Gasteiger partial charge is 0.308 e. The fourth-order valence-electron chi connectivity index (χ4n) is 5.22. The van der Waals surface area contributed by atoms with Crippen molar-refractivity contribution in [2.45, 2.75) is 50.4 Å². The smallest absolute Gasteiger partial charge is 0.263 e. The van der Waals surface area contributed by atoms with Gasteiger partial charge in [0.05, 0.1) is 17.7 Å². The molecule has 0 fully saturated rings. The molecule has 1 atom stereocenters. The number of aromatic nitrogens is 2. The first-order valence-electron chi connectivity index (χ1n) is 11.7.